The van der Waals surface area contributed by atoms with Gasteiger partial charge in [0.1, 0.15) is 0 Å². The lowest BCUT2D eigenvalue weighted by molar-refractivity contribution is 0.647. The molecular weight excluding hydrogens is 360 g/mol. The Kier molecular flexibility index (Phi) is 4.51. The second-order valence-corrected chi connectivity index (χ2v) is 10.2. The summed E-state index contributed by atoms with van der Waals surface area (Å²) in [5.74, 6) is 1.31. The first-order chi connectivity index (χ1) is 14.3. The van der Waals surface area contributed by atoms with Crippen molar-refractivity contribution in [1.82, 2.24) is 0 Å². The summed E-state index contributed by atoms with van der Waals surface area (Å²) in [4.78, 5) is 0. The first-order valence-corrected chi connectivity index (χ1v) is 11.5. The number of benzene rings is 5. The number of hydrogen-bond donors (Lipinski definition) is 0. The van der Waals surface area contributed by atoms with Gasteiger partial charge < -0.3 is 0 Å². The van der Waals surface area contributed by atoms with Crippen molar-refractivity contribution in [2.24, 2.45) is 11.8 Å². The van der Waals surface area contributed by atoms with Gasteiger partial charge in [-0.1, -0.05) is 76.2 Å². The highest BCUT2D eigenvalue weighted by Gasteiger charge is 2.17. The molecule has 5 aromatic carbocycles. The van der Waals surface area contributed by atoms with Crippen LogP contribution in [0.25, 0.3) is 43.1 Å². The van der Waals surface area contributed by atoms with Crippen molar-refractivity contribution in [3.05, 3.63) is 70.8 Å². The third kappa shape index (κ3) is 2.97. The van der Waals surface area contributed by atoms with Crippen LogP contribution in [0, 0.1) is 25.7 Å². The summed E-state index contributed by atoms with van der Waals surface area (Å²) in [6.45, 7) is 13.8. The van der Waals surface area contributed by atoms with E-state index in [4.69, 9.17) is 0 Å². The van der Waals surface area contributed by atoms with Gasteiger partial charge in [0.15, 0.2) is 0 Å². The maximum absolute atomic E-state index is 2.49. The van der Waals surface area contributed by atoms with E-state index in [9.17, 15) is 0 Å². The van der Waals surface area contributed by atoms with Gasteiger partial charge in [-0.25, -0.2) is 0 Å². The minimum atomic E-state index is 0.656. The Hall–Kier alpha value is -2.60. The minimum Gasteiger partial charge on any atom is -0.0625 e. The summed E-state index contributed by atoms with van der Waals surface area (Å²) in [5, 5.41) is 11.4. The third-order valence-electron chi connectivity index (χ3n) is 6.65. The average Bonchev–Trinajstić information content (AvgIpc) is 2.67. The first kappa shape index (κ1) is 19.4. The highest BCUT2D eigenvalue weighted by Crippen LogP contribution is 2.43. The van der Waals surface area contributed by atoms with Gasteiger partial charge in [0.25, 0.3) is 0 Å². The van der Waals surface area contributed by atoms with Crippen LogP contribution in [0.1, 0.15) is 49.9 Å². The third-order valence-corrected chi connectivity index (χ3v) is 6.65. The number of aryl methyl sites for hydroxylation is 2. The van der Waals surface area contributed by atoms with Gasteiger partial charge in [0.05, 0.1) is 0 Å². The Labute approximate surface area is 180 Å². The SMILES string of the molecule is Cc1ccc2c3ccc(C)c4cc(CC(C)C)cc(c5cc(CC(C)C)cc1c25)c43. The quantitative estimate of drug-likeness (QED) is 0.212. The molecule has 0 amide bonds. The normalized spacial score (nSPS) is 12.5. The van der Waals surface area contributed by atoms with E-state index in [1.54, 1.807) is 0 Å². The summed E-state index contributed by atoms with van der Waals surface area (Å²) in [5.41, 5.74) is 5.69. The van der Waals surface area contributed by atoms with Crippen LogP contribution in [0.4, 0.5) is 0 Å². The van der Waals surface area contributed by atoms with E-state index in [0.717, 1.165) is 12.8 Å². The van der Waals surface area contributed by atoms with E-state index >= 15 is 0 Å². The molecular formula is C30H32. The summed E-state index contributed by atoms with van der Waals surface area (Å²) in [6.07, 6.45) is 2.25. The van der Waals surface area contributed by atoms with Crippen LogP contribution >= 0.6 is 0 Å². The van der Waals surface area contributed by atoms with Crippen molar-refractivity contribution in [1.29, 1.82) is 0 Å². The highest BCUT2D eigenvalue weighted by molar-refractivity contribution is 6.33. The molecule has 0 fully saturated rings. The zero-order valence-corrected chi connectivity index (χ0v) is 19.2. The lowest BCUT2D eigenvalue weighted by Gasteiger charge is -2.19. The number of rotatable bonds is 4. The Morgan fingerprint density at radius 2 is 0.867 bits per heavy atom. The van der Waals surface area contributed by atoms with Crippen LogP contribution < -0.4 is 0 Å². The van der Waals surface area contributed by atoms with Gasteiger partial charge in [-0.05, 0) is 104 Å². The van der Waals surface area contributed by atoms with E-state index in [2.05, 4.69) is 90.1 Å². The van der Waals surface area contributed by atoms with Gasteiger partial charge in [0.2, 0.25) is 0 Å². The van der Waals surface area contributed by atoms with Crippen LogP contribution in [0.2, 0.25) is 0 Å². The van der Waals surface area contributed by atoms with Gasteiger partial charge in [-0.3, -0.25) is 0 Å². The van der Waals surface area contributed by atoms with Crippen molar-refractivity contribution in [2.75, 3.05) is 0 Å². The molecule has 0 spiro atoms. The van der Waals surface area contributed by atoms with E-state index in [1.807, 2.05) is 0 Å². The molecule has 0 bridgehead atoms. The highest BCUT2D eigenvalue weighted by atomic mass is 14.2. The first-order valence-electron chi connectivity index (χ1n) is 11.5. The fraction of sp³-hybridized carbons (Fsp3) is 0.333. The molecule has 5 aromatic rings. The molecule has 0 radical (unpaired) electrons. The summed E-state index contributed by atoms with van der Waals surface area (Å²) >= 11 is 0. The van der Waals surface area contributed by atoms with Crippen LogP contribution in [0.15, 0.2) is 48.5 Å². The Morgan fingerprint density at radius 3 is 1.23 bits per heavy atom. The van der Waals surface area contributed by atoms with Gasteiger partial charge in [0, 0.05) is 0 Å². The van der Waals surface area contributed by atoms with Crippen LogP contribution in [-0.4, -0.2) is 0 Å². The minimum absolute atomic E-state index is 0.656. The fourth-order valence-corrected chi connectivity index (χ4v) is 5.42. The van der Waals surface area contributed by atoms with E-state index in [-0.39, 0.29) is 0 Å². The second-order valence-electron chi connectivity index (χ2n) is 10.2. The predicted octanol–water partition coefficient (Wildman–Crippen LogP) is 8.75. The van der Waals surface area contributed by atoms with E-state index < -0.39 is 0 Å². The van der Waals surface area contributed by atoms with Crippen molar-refractivity contribution in [3.8, 4) is 0 Å². The monoisotopic (exact) mass is 392 g/mol. The maximum atomic E-state index is 2.49. The van der Waals surface area contributed by atoms with Crippen molar-refractivity contribution in [3.63, 3.8) is 0 Å². The second kappa shape index (κ2) is 6.98. The molecule has 0 N–H and O–H groups in total. The molecule has 0 unspecified atom stereocenters. The zero-order valence-electron chi connectivity index (χ0n) is 19.2. The summed E-state index contributed by atoms with van der Waals surface area (Å²) < 4.78 is 0. The van der Waals surface area contributed by atoms with Crippen LogP contribution in [-0.2, 0) is 12.8 Å². The Bertz CT molecular complexity index is 1290. The lowest BCUT2D eigenvalue weighted by Crippen LogP contribution is -1.98. The smallest absolute Gasteiger partial charge is 0.00235 e. The largest absolute Gasteiger partial charge is 0.0625 e. The molecule has 0 saturated heterocycles. The lowest BCUT2D eigenvalue weighted by atomic mass is 9.84. The standard InChI is InChI=1S/C30H32/c1-17(2)11-21-13-25-19(5)7-9-23-24-10-8-20(6)26-14-22(12-18(3)4)16-28(30(24)26)27(15-21)29(23)25/h7-10,13-18H,11-12H2,1-6H3. The molecule has 0 saturated carbocycles. The van der Waals surface area contributed by atoms with E-state index in [1.165, 1.54) is 65.3 Å². The average molecular weight is 393 g/mol. The predicted molar refractivity (Wildman–Crippen MR) is 134 cm³/mol. The molecule has 0 aromatic heterocycles. The molecule has 0 aliphatic rings. The molecule has 0 nitrogen and oxygen atoms in total. The molecule has 0 heteroatoms. The van der Waals surface area contributed by atoms with Gasteiger partial charge >= 0.3 is 0 Å². The summed E-state index contributed by atoms with van der Waals surface area (Å²) in [6, 6.07) is 19.2. The Balaban J connectivity index is 2.03. The fourth-order valence-electron chi connectivity index (χ4n) is 5.42. The number of hydrogen-bond acceptors (Lipinski definition) is 0. The molecule has 0 atom stereocenters. The topological polar surface area (TPSA) is 0 Å². The van der Waals surface area contributed by atoms with Crippen molar-refractivity contribution < 1.29 is 0 Å². The molecule has 30 heavy (non-hydrogen) atoms. The van der Waals surface area contributed by atoms with Gasteiger partial charge in [-0.2, -0.15) is 0 Å². The van der Waals surface area contributed by atoms with Crippen molar-refractivity contribution >= 4 is 43.1 Å². The maximum Gasteiger partial charge on any atom is -0.00235 e. The van der Waals surface area contributed by atoms with Gasteiger partial charge in [-0.15, -0.1) is 0 Å². The molecule has 0 heterocycles. The summed E-state index contributed by atoms with van der Waals surface area (Å²) in [7, 11) is 0. The molecule has 0 aliphatic heterocycles. The molecule has 152 valence electrons. The zero-order chi connectivity index (χ0) is 21.2. The molecule has 0 aliphatic carbocycles. The number of fused-ring (bicyclic) bond motifs is 2. The van der Waals surface area contributed by atoms with Crippen LogP contribution in [0.5, 0.6) is 0 Å². The van der Waals surface area contributed by atoms with Crippen LogP contribution in [0.3, 0.4) is 0 Å². The molecule has 5 rings (SSSR count). The van der Waals surface area contributed by atoms with E-state index in [0.29, 0.717) is 11.8 Å². The Morgan fingerprint density at radius 1 is 0.500 bits per heavy atom. The van der Waals surface area contributed by atoms with Crippen molar-refractivity contribution in [2.45, 2.75) is 54.4 Å².